The normalized spacial score (nSPS) is 13.2. The van der Waals surface area contributed by atoms with Crippen LogP contribution in [0.25, 0.3) is 0 Å². The lowest BCUT2D eigenvalue weighted by Crippen LogP contribution is -2.26. The van der Waals surface area contributed by atoms with Crippen molar-refractivity contribution in [3.05, 3.63) is 23.7 Å². The van der Waals surface area contributed by atoms with E-state index in [1.165, 1.54) is 5.57 Å². The predicted molar refractivity (Wildman–Crippen MR) is 68.2 cm³/mol. The molecule has 0 saturated heterocycles. The maximum absolute atomic E-state index is 5.90. The molecule has 0 aliphatic carbocycles. The molecule has 0 aliphatic rings. The highest BCUT2D eigenvalue weighted by atomic mass is 28.4. The fraction of sp³-hybridized carbons (Fsp3) is 0.667. The zero-order valence-corrected chi connectivity index (χ0v) is 11.9. The molecule has 0 radical (unpaired) electrons. The molecular weight excluding hydrogens is 204 g/mol. The van der Waals surface area contributed by atoms with Gasteiger partial charge in [-0.2, -0.15) is 0 Å². The van der Waals surface area contributed by atoms with Gasteiger partial charge in [-0.25, -0.2) is 0 Å². The molecule has 0 unspecified atom stereocenters. The third-order valence-electron chi connectivity index (χ3n) is 1.81. The first-order valence-corrected chi connectivity index (χ1v) is 8.80. The Hall–Kier alpha value is -0.703. The highest BCUT2D eigenvalue weighted by Gasteiger charge is 2.20. The van der Waals surface area contributed by atoms with E-state index in [4.69, 9.17) is 9.16 Å². The summed E-state index contributed by atoms with van der Waals surface area (Å²) in [5.41, 5.74) is 2.34. The standard InChI is InChI=1S/C12H24O2Si/c1-8-11(9-10(2)3)12(13-4)14-15(5,6)7/h2,8-9H2,1,3-7H3/b12-11+. The molecule has 0 bridgehead atoms. The van der Waals surface area contributed by atoms with Crippen molar-refractivity contribution in [1.82, 2.24) is 0 Å². The molecule has 0 aromatic rings. The zero-order chi connectivity index (χ0) is 12.1. The Balaban J connectivity index is 4.82. The van der Waals surface area contributed by atoms with Crippen molar-refractivity contribution in [3.8, 4) is 0 Å². The quantitative estimate of drug-likeness (QED) is 0.387. The van der Waals surface area contributed by atoms with Gasteiger partial charge in [0.15, 0.2) is 0 Å². The molecule has 0 N–H and O–H groups in total. The summed E-state index contributed by atoms with van der Waals surface area (Å²) < 4.78 is 11.2. The van der Waals surface area contributed by atoms with Crippen LogP contribution in [0.5, 0.6) is 0 Å². The van der Waals surface area contributed by atoms with Gasteiger partial charge in [0.25, 0.3) is 5.95 Å². The third kappa shape index (κ3) is 6.39. The van der Waals surface area contributed by atoms with E-state index in [0.29, 0.717) is 5.95 Å². The van der Waals surface area contributed by atoms with Gasteiger partial charge in [0, 0.05) is 5.57 Å². The van der Waals surface area contributed by atoms with Crippen LogP contribution in [0.1, 0.15) is 26.7 Å². The molecule has 0 rings (SSSR count). The molecule has 2 nitrogen and oxygen atoms in total. The van der Waals surface area contributed by atoms with Crippen molar-refractivity contribution in [2.24, 2.45) is 0 Å². The summed E-state index contributed by atoms with van der Waals surface area (Å²) >= 11 is 0. The van der Waals surface area contributed by atoms with Crippen molar-refractivity contribution in [1.29, 1.82) is 0 Å². The molecule has 0 atom stereocenters. The number of rotatable bonds is 6. The highest BCUT2D eigenvalue weighted by molar-refractivity contribution is 6.70. The summed E-state index contributed by atoms with van der Waals surface area (Å²) in [6, 6.07) is 0. The van der Waals surface area contributed by atoms with Gasteiger partial charge in [-0.1, -0.05) is 19.1 Å². The van der Waals surface area contributed by atoms with Gasteiger partial charge in [0.1, 0.15) is 0 Å². The van der Waals surface area contributed by atoms with E-state index in [0.717, 1.165) is 18.4 Å². The van der Waals surface area contributed by atoms with Crippen LogP contribution in [0, 0.1) is 0 Å². The number of methoxy groups -OCH3 is 1. The van der Waals surface area contributed by atoms with Crippen LogP contribution >= 0.6 is 0 Å². The molecular formula is C12H24O2Si. The molecule has 88 valence electrons. The van der Waals surface area contributed by atoms with Crippen molar-refractivity contribution in [2.45, 2.75) is 46.3 Å². The Morgan fingerprint density at radius 2 is 1.80 bits per heavy atom. The first-order chi connectivity index (χ1) is 6.80. The highest BCUT2D eigenvalue weighted by Crippen LogP contribution is 2.21. The van der Waals surface area contributed by atoms with Gasteiger partial charge in [-0.3, -0.25) is 0 Å². The zero-order valence-electron chi connectivity index (χ0n) is 10.9. The second-order valence-corrected chi connectivity index (χ2v) is 9.23. The number of hydrogen-bond donors (Lipinski definition) is 0. The van der Waals surface area contributed by atoms with Crippen LogP contribution in [0.3, 0.4) is 0 Å². The third-order valence-corrected chi connectivity index (χ3v) is 2.61. The average Bonchev–Trinajstić information content (AvgIpc) is 2.08. The topological polar surface area (TPSA) is 18.5 Å². The van der Waals surface area contributed by atoms with E-state index in [2.05, 4.69) is 33.1 Å². The maximum Gasteiger partial charge on any atom is 0.264 e. The monoisotopic (exact) mass is 228 g/mol. The Kier molecular flexibility index (Phi) is 5.72. The molecule has 3 heteroatoms. The maximum atomic E-state index is 5.90. The molecule has 0 fully saturated rings. The fourth-order valence-corrected chi connectivity index (χ4v) is 2.03. The van der Waals surface area contributed by atoms with E-state index in [1.807, 2.05) is 6.92 Å². The Labute approximate surface area is 95.1 Å². The van der Waals surface area contributed by atoms with Gasteiger partial charge >= 0.3 is 0 Å². The second kappa shape index (κ2) is 6.01. The van der Waals surface area contributed by atoms with E-state index in [1.54, 1.807) is 7.11 Å². The first-order valence-electron chi connectivity index (χ1n) is 5.39. The summed E-state index contributed by atoms with van der Waals surface area (Å²) in [6.45, 7) is 14.5. The minimum absolute atomic E-state index is 0.708. The van der Waals surface area contributed by atoms with Crippen LogP contribution in [0.4, 0.5) is 0 Å². The minimum atomic E-state index is -1.58. The lowest BCUT2D eigenvalue weighted by molar-refractivity contribution is 0.140. The number of allylic oxidation sites excluding steroid dienone is 2. The van der Waals surface area contributed by atoms with Gasteiger partial charge in [0.2, 0.25) is 8.32 Å². The van der Waals surface area contributed by atoms with Crippen molar-refractivity contribution >= 4 is 8.32 Å². The fourth-order valence-electron chi connectivity index (χ4n) is 1.24. The molecule has 0 heterocycles. The molecule has 15 heavy (non-hydrogen) atoms. The van der Waals surface area contributed by atoms with E-state index < -0.39 is 8.32 Å². The summed E-state index contributed by atoms with van der Waals surface area (Å²) in [6.07, 6.45) is 1.81. The van der Waals surface area contributed by atoms with Crippen LogP contribution in [0.15, 0.2) is 23.7 Å². The molecule has 0 saturated carbocycles. The minimum Gasteiger partial charge on any atom is -0.520 e. The smallest absolute Gasteiger partial charge is 0.264 e. The summed E-state index contributed by atoms with van der Waals surface area (Å²) in [5.74, 6) is 0.708. The second-order valence-electron chi connectivity index (χ2n) is 4.80. The van der Waals surface area contributed by atoms with Crippen LogP contribution < -0.4 is 0 Å². The molecule has 0 spiro atoms. The lowest BCUT2D eigenvalue weighted by Gasteiger charge is -2.23. The molecule has 0 aromatic heterocycles. The first kappa shape index (κ1) is 14.3. The summed E-state index contributed by atoms with van der Waals surface area (Å²) in [4.78, 5) is 0. The summed E-state index contributed by atoms with van der Waals surface area (Å²) in [5, 5.41) is 0. The lowest BCUT2D eigenvalue weighted by atomic mass is 10.1. The molecule has 0 aliphatic heterocycles. The molecule has 0 amide bonds. The SMILES string of the molecule is C=C(C)C/C(CC)=C(\OC)O[Si](C)(C)C. The number of hydrogen-bond acceptors (Lipinski definition) is 2. The van der Waals surface area contributed by atoms with Crippen molar-refractivity contribution < 1.29 is 9.16 Å². The van der Waals surface area contributed by atoms with Gasteiger partial charge in [-0.15, -0.1) is 0 Å². The van der Waals surface area contributed by atoms with Gasteiger partial charge < -0.3 is 9.16 Å². The van der Waals surface area contributed by atoms with Crippen LogP contribution in [0.2, 0.25) is 19.6 Å². The van der Waals surface area contributed by atoms with Crippen LogP contribution in [-0.4, -0.2) is 15.4 Å². The van der Waals surface area contributed by atoms with Crippen molar-refractivity contribution in [3.63, 3.8) is 0 Å². The average molecular weight is 228 g/mol. The Morgan fingerprint density at radius 3 is 2.07 bits per heavy atom. The Bertz CT molecular complexity index is 249. The van der Waals surface area contributed by atoms with Gasteiger partial charge in [0.05, 0.1) is 7.11 Å². The molecule has 0 aromatic carbocycles. The van der Waals surface area contributed by atoms with Gasteiger partial charge in [-0.05, 0) is 39.4 Å². The predicted octanol–water partition coefficient (Wildman–Crippen LogP) is 4.07. The number of ether oxygens (including phenoxy) is 1. The van der Waals surface area contributed by atoms with E-state index >= 15 is 0 Å². The Morgan fingerprint density at radius 1 is 1.27 bits per heavy atom. The van der Waals surface area contributed by atoms with E-state index in [9.17, 15) is 0 Å². The largest absolute Gasteiger partial charge is 0.520 e. The van der Waals surface area contributed by atoms with Crippen LogP contribution in [-0.2, 0) is 9.16 Å². The summed E-state index contributed by atoms with van der Waals surface area (Å²) in [7, 11) is 0.0863. The van der Waals surface area contributed by atoms with Crippen molar-refractivity contribution in [2.75, 3.05) is 7.11 Å². The van der Waals surface area contributed by atoms with E-state index in [-0.39, 0.29) is 0 Å².